The third-order valence-electron chi connectivity index (χ3n) is 3.03. The molecular formula is C12H13F2N3O3. The van der Waals surface area contributed by atoms with Crippen molar-refractivity contribution < 1.29 is 23.1 Å². The fourth-order valence-corrected chi connectivity index (χ4v) is 1.97. The fourth-order valence-electron chi connectivity index (χ4n) is 1.97. The molecule has 1 aromatic rings. The maximum atomic E-state index is 13.7. The van der Waals surface area contributed by atoms with E-state index in [2.05, 4.69) is 0 Å². The number of morpholine rings is 1. The molecule has 0 saturated carbocycles. The van der Waals surface area contributed by atoms with Crippen molar-refractivity contribution >= 4 is 17.5 Å². The average molecular weight is 285 g/mol. The number of rotatable bonds is 2. The second kappa shape index (κ2) is 5.41. The summed E-state index contributed by atoms with van der Waals surface area (Å²) in [6.07, 6.45) is 0. The lowest BCUT2D eigenvalue weighted by Gasteiger charge is -2.33. The molecule has 1 aromatic carbocycles. The second-order valence-corrected chi connectivity index (χ2v) is 4.35. The molecule has 0 aliphatic carbocycles. The summed E-state index contributed by atoms with van der Waals surface area (Å²) < 4.78 is 31.8. The summed E-state index contributed by atoms with van der Waals surface area (Å²) in [5, 5.41) is 0. The monoisotopic (exact) mass is 285 g/mol. The molecule has 0 bridgehead atoms. The van der Waals surface area contributed by atoms with Gasteiger partial charge in [-0.15, -0.1) is 0 Å². The minimum Gasteiger partial charge on any atom is -0.396 e. The quantitative estimate of drug-likeness (QED) is 0.740. The zero-order valence-electron chi connectivity index (χ0n) is 10.4. The largest absolute Gasteiger partial charge is 0.396 e. The van der Waals surface area contributed by atoms with Crippen molar-refractivity contribution in [2.24, 2.45) is 5.73 Å². The van der Waals surface area contributed by atoms with Gasteiger partial charge >= 0.3 is 0 Å². The molecule has 6 nitrogen and oxygen atoms in total. The number of hydrogen-bond donors (Lipinski definition) is 2. The summed E-state index contributed by atoms with van der Waals surface area (Å²) in [5.74, 6) is -3.53. The Kier molecular flexibility index (Phi) is 3.84. The molecule has 20 heavy (non-hydrogen) atoms. The molecule has 1 aliphatic rings. The van der Waals surface area contributed by atoms with Gasteiger partial charge in [-0.1, -0.05) is 0 Å². The van der Waals surface area contributed by atoms with Crippen LogP contribution in [0, 0.1) is 11.6 Å². The van der Waals surface area contributed by atoms with E-state index in [9.17, 15) is 18.4 Å². The minimum absolute atomic E-state index is 0.0562. The first-order valence-corrected chi connectivity index (χ1v) is 5.84. The van der Waals surface area contributed by atoms with Gasteiger partial charge in [0.2, 0.25) is 5.91 Å². The third-order valence-corrected chi connectivity index (χ3v) is 3.03. The van der Waals surface area contributed by atoms with Gasteiger partial charge in [-0.3, -0.25) is 9.59 Å². The van der Waals surface area contributed by atoms with Gasteiger partial charge in [0.1, 0.15) is 17.7 Å². The molecule has 1 saturated heterocycles. The van der Waals surface area contributed by atoms with Gasteiger partial charge in [-0.2, -0.15) is 0 Å². The van der Waals surface area contributed by atoms with Crippen LogP contribution in [0.15, 0.2) is 12.1 Å². The first-order chi connectivity index (χ1) is 9.41. The molecule has 8 heteroatoms. The number of amides is 2. The Morgan fingerprint density at radius 3 is 2.65 bits per heavy atom. The minimum atomic E-state index is -1.04. The highest BCUT2D eigenvalue weighted by atomic mass is 19.1. The number of nitrogen functional groups attached to an aromatic ring is 1. The van der Waals surface area contributed by atoms with Crippen molar-refractivity contribution in [1.82, 2.24) is 4.90 Å². The maximum absolute atomic E-state index is 13.7. The second-order valence-electron chi connectivity index (χ2n) is 4.35. The lowest BCUT2D eigenvalue weighted by molar-refractivity contribution is -0.127. The van der Waals surface area contributed by atoms with Gasteiger partial charge in [0.15, 0.2) is 0 Å². The first kappa shape index (κ1) is 14.2. The molecule has 0 spiro atoms. The first-order valence-electron chi connectivity index (χ1n) is 5.84. The number of carbonyl (C=O) groups excluding carboxylic acids is 2. The number of halogens is 2. The SMILES string of the molecule is NC(=O)C1COCCN1C(=O)c1cc(N)c(F)cc1F. The lowest BCUT2D eigenvalue weighted by Crippen LogP contribution is -2.54. The molecule has 2 amide bonds. The Hall–Kier alpha value is -2.22. The number of anilines is 1. The predicted octanol–water partition coefficient (Wildman–Crippen LogP) is -0.127. The van der Waals surface area contributed by atoms with E-state index in [1.807, 2.05) is 0 Å². The standard InChI is InChI=1S/C12H13F2N3O3/c13-7-4-8(14)9(15)3-6(7)12(19)17-1-2-20-5-10(17)11(16)18/h3-4,10H,1-2,5,15H2,(H2,16,18). The Morgan fingerprint density at radius 2 is 2.00 bits per heavy atom. The topological polar surface area (TPSA) is 98.7 Å². The Morgan fingerprint density at radius 1 is 1.30 bits per heavy atom. The maximum Gasteiger partial charge on any atom is 0.257 e. The molecule has 1 atom stereocenters. The molecule has 108 valence electrons. The van der Waals surface area contributed by atoms with E-state index in [4.69, 9.17) is 16.2 Å². The van der Waals surface area contributed by atoms with E-state index in [0.29, 0.717) is 6.07 Å². The number of hydrogen-bond acceptors (Lipinski definition) is 4. The van der Waals surface area contributed by atoms with Crippen LogP contribution in [0.4, 0.5) is 14.5 Å². The summed E-state index contributed by atoms with van der Waals surface area (Å²) in [5.41, 5.74) is 9.74. The van der Waals surface area contributed by atoms with Crippen LogP contribution in [0.2, 0.25) is 0 Å². The van der Waals surface area contributed by atoms with Crippen LogP contribution in [0.1, 0.15) is 10.4 Å². The smallest absolute Gasteiger partial charge is 0.257 e. The Labute approximate surface area is 113 Å². The molecule has 1 aliphatic heterocycles. The van der Waals surface area contributed by atoms with E-state index in [0.717, 1.165) is 11.0 Å². The molecule has 4 N–H and O–H groups in total. The molecule has 1 unspecified atom stereocenters. The van der Waals surface area contributed by atoms with Crippen molar-refractivity contribution in [1.29, 1.82) is 0 Å². The molecule has 0 aromatic heterocycles. The third kappa shape index (κ3) is 2.55. The number of nitrogens with zero attached hydrogens (tertiary/aromatic N) is 1. The average Bonchev–Trinajstić information content (AvgIpc) is 2.42. The number of primary amides is 1. The van der Waals surface area contributed by atoms with E-state index < -0.39 is 35.1 Å². The van der Waals surface area contributed by atoms with E-state index >= 15 is 0 Å². The van der Waals surface area contributed by atoms with Crippen LogP contribution < -0.4 is 11.5 Å². The Balaban J connectivity index is 2.34. The number of carbonyl (C=O) groups is 2. The summed E-state index contributed by atoms with van der Waals surface area (Å²) in [4.78, 5) is 24.6. The molecule has 2 rings (SSSR count). The summed E-state index contributed by atoms with van der Waals surface area (Å²) in [6, 6.07) is 0.449. The van der Waals surface area contributed by atoms with Gasteiger partial charge < -0.3 is 21.1 Å². The van der Waals surface area contributed by atoms with Gasteiger partial charge in [0.05, 0.1) is 24.5 Å². The van der Waals surface area contributed by atoms with E-state index in [1.54, 1.807) is 0 Å². The van der Waals surface area contributed by atoms with Gasteiger partial charge in [-0.05, 0) is 6.07 Å². The van der Waals surface area contributed by atoms with Crippen molar-refractivity contribution in [3.63, 3.8) is 0 Å². The summed E-state index contributed by atoms with van der Waals surface area (Å²) in [7, 11) is 0. The fraction of sp³-hybridized carbons (Fsp3) is 0.333. The van der Waals surface area contributed by atoms with Crippen LogP contribution in [0.25, 0.3) is 0 Å². The van der Waals surface area contributed by atoms with E-state index in [-0.39, 0.29) is 25.4 Å². The molecule has 1 heterocycles. The highest BCUT2D eigenvalue weighted by molar-refractivity contribution is 5.98. The molecular weight excluding hydrogens is 272 g/mol. The zero-order valence-corrected chi connectivity index (χ0v) is 10.4. The molecule has 1 fully saturated rings. The van der Waals surface area contributed by atoms with Gasteiger partial charge in [-0.25, -0.2) is 8.78 Å². The number of nitrogens with two attached hydrogens (primary N) is 2. The highest BCUT2D eigenvalue weighted by Crippen LogP contribution is 2.20. The van der Waals surface area contributed by atoms with Crippen LogP contribution in [-0.4, -0.2) is 42.5 Å². The number of benzene rings is 1. The van der Waals surface area contributed by atoms with Crippen LogP contribution >= 0.6 is 0 Å². The van der Waals surface area contributed by atoms with Gasteiger partial charge in [0.25, 0.3) is 5.91 Å². The van der Waals surface area contributed by atoms with Gasteiger partial charge in [0, 0.05) is 12.6 Å². The highest BCUT2D eigenvalue weighted by Gasteiger charge is 2.33. The van der Waals surface area contributed by atoms with Crippen LogP contribution in [-0.2, 0) is 9.53 Å². The van der Waals surface area contributed by atoms with Crippen molar-refractivity contribution in [3.05, 3.63) is 29.3 Å². The van der Waals surface area contributed by atoms with Crippen LogP contribution in [0.5, 0.6) is 0 Å². The van der Waals surface area contributed by atoms with E-state index in [1.165, 1.54) is 0 Å². The zero-order chi connectivity index (χ0) is 14.9. The normalized spacial score (nSPS) is 18.9. The Bertz CT molecular complexity index is 565. The van der Waals surface area contributed by atoms with Crippen molar-refractivity contribution in [2.75, 3.05) is 25.5 Å². The van der Waals surface area contributed by atoms with Crippen LogP contribution in [0.3, 0.4) is 0 Å². The summed E-state index contributed by atoms with van der Waals surface area (Å²) in [6.45, 7) is 0.232. The summed E-state index contributed by atoms with van der Waals surface area (Å²) >= 11 is 0. The van der Waals surface area contributed by atoms with Crippen molar-refractivity contribution in [2.45, 2.75) is 6.04 Å². The molecule has 0 radical (unpaired) electrons. The predicted molar refractivity (Wildman–Crippen MR) is 65.6 cm³/mol. The lowest BCUT2D eigenvalue weighted by atomic mass is 10.1. The number of ether oxygens (including phenoxy) is 1. The van der Waals surface area contributed by atoms with Crippen molar-refractivity contribution in [3.8, 4) is 0 Å².